The first-order valence-electron chi connectivity index (χ1n) is 5.91. The lowest BCUT2D eigenvalue weighted by Gasteiger charge is -2.05. The molecule has 6 heteroatoms. The van der Waals surface area contributed by atoms with E-state index in [0.717, 1.165) is 16.5 Å². The van der Waals surface area contributed by atoms with Crippen molar-refractivity contribution in [2.75, 3.05) is 5.73 Å². The Morgan fingerprint density at radius 1 is 1.25 bits per heavy atom. The summed E-state index contributed by atoms with van der Waals surface area (Å²) in [5.41, 5.74) is 8.24. The topological polar surface area (TPSA) is 54.7 Å². The Labute approximate surface area is 118 Å². The quantitative estimate of drug-likeness (QED) is 0.750. The number of halogens is 2. The fraction of sp³-hybridized carbons (Fsp3) is 0.0714. The van der Waals surface area contributed by atoms with Gasteiger partial charge in [0, 0.05) is 11.6 Å². The Kier molecular flexibility index (Phi) is 3.02. The summed E-state index contributed by atoms with van der Waals surface area (Å²) in [5.74, 6) is -1.09. The van der Waals surface area contributed by atoms with Crippen LogP contribution in [-0.4, -0.2) is 10.2 Å². The fourth-order valence-electron chi connectivity index (χ4n) is 2.11. The number of nitrogen functional groups attached to an aromatic ring is 1. The van der Waals surface area contributed by atoms with Gasteiger partial charge in [-0.3, -0.25) is 5.10 Å². The van der Waals surface area contributed by atoms with Crippen molar-refractivity contribution in [1.82, 2.24) is 10.2 Å². The van der Waals surface area contributed by atoms with E-state index >= 15 is 0 Å². The van der Waals surface area contributed by atoms with E-state index in [2.05, 4.69) is 10.2 Å². The minimum Gasteiger partial charge on any atom is -0.382 e. The van der Waals surface area contributed by atoms with E-state index in [1.807, 2.05) is 18.4 Å². The number of nitrogens with zero attached hydrogens (tertiary/aromatic N) is 1. The molecule has 0 aliphatic heterocycles. The molecule has 0 atom stereocenters. The molecule has 102 valence electrons. The van der Waals surface area contributed by atoms with Crippen molar-refractivity contribution in [2.45, 2.75) is 6.92 Å². The van der Waals surface area contributed by atoms with Crippen molar-refractivity contribution < 1.29 is 8.78 Å². The summed E-state index contributed by atoms with van der Waals surface area (Å²) in [6, 6.07) is 5.38. The van der Waals surface area contributed by atoms with Crippen molar-refractivity contribution in [3.8, 4) is 21.7 Å². The summed E-state index contributed by atoms with van der Waals surface area (Å²) < 4.78 is 27.0. The van der Waals surface area contributed by atoms with Gasteiger partial charge in [-0.2, -0.15) is 5.10 Å². The molecule has 0 aliphatic carbocycles. The second-order valence-electron chi connectivity index (χ2n) is 4.42. The first-order valence-corrected chi connectivity index (χ1v) is 6.79. The molecule has 0 unspecified atom stereocenters. The van der Waals surface area contributed by atoms with Crippen LogP contribution in [0, 0.1) is 18.6 Å². The molecule has 3 aromatic rings. The van der Waals surface area contributed by atoms with Gasteiger partial charge in [0.05, 0.1) is 16.1 Å². The zero-order chi connectivity index (χ0) is 14.3. The van der Waals surface area contributed by atoms with Gasteiger partial charge < -0.3 is 5.73 Å². The summed E-state index contributed by atoms with van der Waals surface area (Å²) in [7, 11) is 0. The van der Waals surface area contributed by atoms with Gasteiger partial charge >= 0.3 is 0 Å². The third-order valence-electron chi connectivity index (χ3n) is 3.08. The van der Waals surface area contributed by atoms with E-state index in [-0.39, 0.29) is 11.4 Å². The predicted octanol–water partition coefficient (Wildman–Crippen LogP) is 3.97. The number of anilines is 1. The molecule has 0 aliphatic rings. The van der Waals surface area contributed by atoms with Gasteiger partial charge in [0.1, 0.15) is 11.6 Å². The molecule has 3 rings (SSSR count). The maximum Gasteiger partial charge on any atom is 0.153 e. The first-order chi connectivity index (χ1) is 9.58. The third kappa shape index (κ3) is 1.98. The SMILES string of the molecule is Cc1ccsc1-c1[nH]nc(N)c1-c1ccc(F)cc1F. The van der Waals surface area contributed by atoms with Crippen LogP contribution in [-0.2, 0) is 0 Å². The van der Waals surface area contributed by atoms with E-state index in [4.69, 9.17) is 5.73 Å². The van der Waals surface area contributed by atoms with Crippen LogP contribution < -0.4 is 5.73 Å². The van der Waals surface area contributed by atoms with Crippen molar-refractivity contribution in [2.24, 2.45) is 0 Å². The number of aryl methyl sites for hydroxylation is 1. The zero-order valence-electron chi connectivity index (χ0n) is 10.6. The van der Waals surface area contributed by atoms with Crippen molar-refractivity contribution in [3.63, 3.8) is 0 Å². The van der Waals surface area contributed by atoms with Gasteiger partial charge in [-0.1, -0.05) is 0 Å². The van der Waals surface area contributed by atoms with Crippen LogP contribution in [0.3, 0.4) is 0 Å². The van der Waals surface area contributed by atoms with Crippen LogP contribution in [0.5, 0.6) is 0 Å². The molecule has 20 heavy (non-hydrogen) atoms. The fourth-order valence-corrected chi connectivity index (χ4v) is 3.04. The normalized spacial score (nSPS) is 10.9. The van der Waals surface area contributed by atoms with Crippen LogP contribution >= 0.6 is 11.3 Å². The van der Waals surface area contributed by atoms with Crippen molar-refractivity contribution in [3.05, 3.63) is 46.8 Å². The highest BCUT2D eigenvalue weighted by Gasteiger charge is 2.20. The molecule has 0 bridgehead atoms. The van der Waals surface area contributed by atoms with E-state index in [9.17, 15) is 8.78 Å². The van der Waals surface area contributed by atoms with E-state index in [1.165, 1.54) is 23.5 Å². The first kappa shape index (κ1) is 12.8. The second-order valence-corrected chi connectivity index (χ2v) is 5.33. The minimum absolute atomic E-state index is 0.193. The number of hydrogen-bond acceptors (Lipinski definition) is 3. The van der Waals surface area contributed by atoms with Crippen LogP contribution in [0.2, 0.25) is 0 Å². The van der Waals surface area contributed by atoms with Crippen LogP contribution in [0.1, 0.15) is 5.56 Å². The molecule has 0 fully saturated rings. The van der Waals surface area contributed by atoms with E-state index < -0.39 is 11.6 Å². The Bertz CT molecular complexity index is 777. The van der Waals surface area contributed by atoms with Gasteiger partial charge in [-0.15, -0.1) is 11.3 Å². The summed E-state index contributed by atoms with van der Waals surface area (Å²) in [5, 5.41) is 8.72. The van der Waals surface area contributed by atoms with Gasteiger partial charge in [0.2, 0.25) is 0 Å². The molecule has 0 spiro atoms. The highest BCUT2D eigenvalue weighted by atomic mass is 32.1. The Morgan fingerprint density at radius 2 is 2.05 bits per heavy atom. The zero-order valence-corrected chi connectivity index (χ0v) is 11.4. The standard InChI is InChI=1S/C14H11F2N3S/c1-7-4-5-20-13(7)12-11(14(17)19-18-12)9-3-2-8(15)6-10(9)16/h2-6H,1H3,(H3,17,18,19). The number of hydrogen-bond donors (Lipinski definition) is 2. The summed E-state index contributed by atoms with van der Waals surface area (Å²) >= 11 is 1.51. The monoisotopic (exact) mass is 291 g/mol. The van der Waals surface area contributed by atoms with Crippen LogP contribution in [0.4, 0.5) is 14.6 Å². The highest BCUT2D eigenvalue weighted by Crippen LogP contribution is 2.39. The molecule has 3 nitrogen and oxygen atoms in total. The minimum atomic E-state index is -0.659. The average molecular weight is 291 g/mol. The number of thiophene rings is 1. The average Bonchev–Trinajstić information content (AvgIpc) is 2.96. The summed E-state index contributed by atoms with van der Waals surface area (Å²) in [4.78, 5) is 0.938. The van der Waals surface area contributed by atoms with E-state index in [1.54, 1.807) is 0 Å². The largest absolute Gasteiger partial charge is 0.382 e. The lowest BCUT2D eigenvalue weighted by molar-refractivity contribution is 0.585. The Morgan fingerprint density at radius 3 is 2.70 bits per heavy atom. The number of aromatic nitrogens is 2. The Balaban J connectivity index is 2.24. The lowest BCUT2D eigenvalue weighted by atomic mass is 10.0. The van der Waals surface area contributed by atoms with Gasteiger partial charge in [-0.05, 0) is 36.1 Å². The number of aromatic amines is 1. The maximum atomic E-state index is 14.0. The smallest absolute Gasteiger partial charge is 0.153 e. The molecule has 0 saturated carbocycles. The summed E-state index contributed by atoms with van der Waals surface area (Å²) in [6.45, 7) is 1.95. The molecular weight excluding hydrogens is 280 g/mol. The lowest BCUT2D eigenvalue weighted by Crippen LogP contribution is -1.92. The Hall–Kier alpha value is -2.21. The summed E-state index contributed by atoms with van der Waals surface area (Å²) in [6.07, 6.45) is 0. The molecule has 1 aromatic carbocycles. The van der Waals surface area contributed by atoms with Gasteiger partial charge in [-0.25, -0.2) is 8.78 Å². The number of H-pyrrole nitrogens is 1. The van der Waals surface area contributed by atoms with Crippen LogP contribution in [0.15, 0.2) is 29.6 Å². The van der Waals surface area contributed by atoms with E-state index in [0.29, 0.717) is 11.3 Å². The third-order valence-corrected chi connectivity index (χ3v) is 4.12. The number of benzene rings is 1. The van der Waals surface area contributed by atoms with Gasteiger partial charge in [0.15, 0.2) is 5.82 Å². The molecular formula is C14H11F2N3S. The molecule has 0 saturated heterocycles. The molecule has 3 N–H and O–H groups in total. The number of nitrogens with one attached hydrogen (secondary N) is 1. The van der Waals surface area contributed by atoms with Crippen molar-refractivity contribution >= 4 is 17.2 Å². The van der Waals surface area contributed by atoms with Crippen molar-refractivity contribution in [1.29, 1.82) is 0 Å². The second kappa shape index (κ2) is 4.72. The molecule has 0 amide bonds. The van der Waals surface area contributed by atoms with Crippen LogP contribution in [0.25, 0.3) is 21.7 Å². The predicted molar refractivity (Wildman–Crippen MR) is 76.4 cm³/mol. The number of nitrogens with two attached hydrogens (primary N) is 1. The molecule has 0 radical (unpaired) electrons. The maximum absolute atomic E-state index is 14.0. The molecule has 2 aromatic heterocycles. The van der Waals surface area contributed by atoms with Gasteiger partial charge in [0.25, 0.3) is 0 Å². The number of rotatable bonds is 2. The molecule has 2 heterocycles. The highest BCUT2D eigenvalue weighted by molar-refractivity contribution is 7.13.